The van der Waals surface area contributed by atoms with E-state index in [0.717, 1.165) is 17.0 Å². The molecule has 0 atom stereocenters. The van der Waals surface area contributed by atoms with Gasteiger partial charge in [0.25, 0.3) is 0 Å². The Morgan fingerprint density at radius 2 is 1.90 bits per heavy atom. The highest BCUT2D eigenvalue weighted by atomic mass is 35.5. The lowest BCUT2D eigenvalue weighted by Gasteiger charge is -2.05. The fourth-order valence-corrected chi connectivity index (χ4v) is 2.16. The first-order chi connectivity index (χ1) is 10.2. The molecule has 0 bridgehead atoms. The summed E-state index contributed by atoms with van der Waals surface area (Å²) in [4.78, 5) is 0. The van der Waals surface area contributed by atoms with Gasteiger partial charge < -0.3 is 10.5 Å². The van der Waals surface area contributed by atoms with Gasteiger partial charge in [-0.15, -0.1) is 5.10 Å². The average molecular weight is 301 g/mol. The van der Waals surface area contributed by atoms with Crippen LogP contribution in [-0.4, -0.2) is 22.1 Å². The van der Waals surface area contributed by atoms with E-state index in [-0.39, 0.29) is 0 Å². The molecule has 21 heavy (non-hydrogen) atoms. The average Bonchev–Trinajstić information content (AvgIpc) is 2.90. The third-order valence-electron chi connectivity index (χ3n) is 3.12. The highest BCUT2D eigenvalue weighted by molar-refractivity contribution is 6.30. The standard InChI is InChI=1S/C15H13ClN4O/c1-21-13-4-2-3-12(9-13)20-15(17)14(18-19-20)10-5-7-11(16)8-6-10/h2-9H,17H2,1H3. The van der Waals surface area contributed by atoms with Crippen molar-refractivity contribution < 1.29 is 4.74 Å². The highest BCUT2D eigenvalue weighted by Crippen LogP contribution is 2.27. The number of methoxy groups -OCH3 is 1. The van der Waals surface area contributed by atoms with Crippen molar-refractivity contribution in [1.82, 2.24) is 15.0 Å². The predicted octanol–water partition coefficient (Wildman–Crippen LogP) is 3.18. The number of anilines is 1. The number of hydrogen-bond donors (Lipinski definition) is 1. The summed E-state index contributed by atoms with van der Waals surface area (Å²) < 4.78 is 6.78. The number of benzene rings is 2. The number of rotatable bonds is 3. The third-order valence-corrected chi connectivity index (χ3v) is 3.37. The van der Waals surface area contributed by atoms with Gasteiger partial charge in [-0.1, -0.05) is 35.0 Å². The quantitative estimate of drug-likeness (QED) is 0.807. The van der Waals surface area contributed by atoms with Crippen molar-refractivity contribution in [2.45, 2.75) is 0 Å². The largest absolute Gasteiger partial charge is 0.497 e. The molecular formula is C15H13ClN4O. The van der Waals surface area contributed by atoms with Gasteiger partial charge in [0.2, 0.25) is 0 Å². The Hall–Kier alpha value is -2.53. The molecule has 106 valence electrons. The van der Waals surface area contributed by atoms with Crippen molar-refractivity contribution in [2.75, 3.05) is 12.8 Å². The molecular weight excluding hydrogens is 288 g/mol. The van der Waals surface area contributed by atoms with Gasteiger partial charge in [-0.3, -0.25) is 0 Å². The monoisotopic (exact) mass is 300 g/mol. The Morgan fingerprint density at radius 1 is 1.14 bits per heavy atom. The lowest BCUT2D eigenvalue weighted by atomic mass is 10.1. The Bertz CT molecular complexity index is 768. The molecule has 1 heterocycles. The van der Waals surface area contributed by atoms with E-state index < -0.39 is 0 Å². The molecule has 0 saturated heterocycles. The molecule has 1 aromatic heterocycles. The Labute approximate surface area is 126 Å². The van der Waals surface area contributed by atoms with E-state index in [9.17, 15) is 0 Å². The van der Waals surface area contributed by atoms with Gasteiger partial charge in [0.15, 0.2) is 5.82 Å². The second-order valence-electron chi connectivity index (χ2n) is 4.44. The first kappa shape index (κ1) is 13.5. The molecule has 6 heteroatoms. The van der Waals surface area contributed by atoms with E-state index in [1.165, 1.54) is 0 Å². The maximum absolute atomic E-state index is 6.16. The molecule has 0 aliphatic carbocycles. The van der Waals surface area contributed by atoms with Gasteiger partial charge in [-0.25, -0.2) is 0 Å². The summed E-state index contributed by atoms with van der Waals surface area (Å²) in [6.07, 6.45) is 0. The van der Waals surface area contributed by atoms with Gasteiger partial charge in [0.1, 0.15) is 11.4 Å². The van der Waals surface area contributed by atoms with Crippen LogP contribution in [0.15, 0.2) is 48.5 Å². The first-order valence-electron chi connectivity index (χ1n) is 6.30. The van der Waals surface area contributed by atoms with E-state index in [2.05, 4.69) is 10.3 Å². The lowest BCUT2D eigenvalue weighted by Crippen LogP contribution is -2.02. The first-order valence-corrected chi connectivity index (χ1v) is 6.68. The van der Waals surface area contributed by atoms with Crippen LogP contribution in [0.1, 0.15) is 0 Å². The molecule has 0 amide bonds. The van der Waals surface area contributed by atoms with Crippen LogP contribution >= 0.6 is 11.6 Å². The molecule has 2 N–H and O–H groups in total. The van der Waals surface area contributed by atoms with Gasteiger partial charge in [-0.05, 0) is 24.3 Å². The van der Waals surface area contributed by atoms with Crippen molar-refractivity contribution in [3.8, 4) is 22.7 Å². The maximum atomic E-state index is 6.16. The van der Waals surface area contributed by atoms with E-state index in [1.54, 1.807) is 23.9 Å². The lowest BCUT2D eigenvalue weighted by molar-refractivity contribution is 0.414. The van der Waals surface area contributed by atoms with Crippen LogP contribution in [0.25, 0.3) is 16.9 Å². The van der Waals surface area contributed by atoms with Crippen molar-refractivity contribution in [2.24, 2.45) is 0 Å². The van der Waals surface area contributed by atoms with E-state index in [4.69, 9.17) is 22.1 Å². The van der Waals surface area contributed by atoms with Crippen LogP contribution in [0.4, 0.5) is 5.82 Å². The van der Waals surface area contributed by atoms with Crippen LogP contribution in [0.2, 0.25) is 5.02 Å². The Morgan fingerprint density at radius 3 is 2.62 bits per heavy atom. The summed E-state index contributed by atoms with van der Waals surface area (Å²) in [5, 5.41) is 8.93. The van der Waals surface area contributed by atoms with Crippen LogP contribution < -0.4 is 10.5 Å². The Kier molecular flexibility index (Phi) is 3.50. The van der Waals surface area contributed by atoms with Crippen LogP contribution in [0.3, 0.4) is 0 Å². The van der Waals surface area contributed by atoms with E-state index in [1.807, 2.05) is 36.4 Å². The van der Waals surface area contributed by atoms with Gasteiger partial charge in [-0.2, -0.15) is 4.68 Å². The zero-order valence-electron chi connectivity index (χ0n) is 11.3. The van der Waals surface area contributed by atoms with E-state index in [0.29, 0.717) is 16.5 Å². The molecule has 0 unspecified atom stereocenters. The molecule has 2 aromatic carbocycles. The van der Waals surface area contributed by atoms with Crippen LogP contribution in [-0.2, 0) is 0 Å². The van der Waals surface area contributed by atoms with E-state index >= 15 is 0 Å². The van der Waals surface area contributed by atoms with Crippen LogP contribution in [0.5, 0.6) is 5.75 Å². The molecule has 0 fully saturated rings. The summed E-state index contributed by atoms with van der Waals surface area (Å²) in [6, 6.07) is 14.8. The third kappa shape index (κ3) is 2.55. The number of nitrogens with zero attached hydrogens (tertiary/aromatic N) is 3. The molecule has 3 rings (SSSR count). The molecule has 0 spiro atoms. The summed E-state index contributed by atoms with van der Waals surface area (Å²) in [5.41, 5.74) is 8.44. The number of halogens is 1. The molecule has 5 nitrogen and oxygen atoms in total. The summed E-state index contributed by atoms with van der Waals surface area (Å²) >= 11 is 5.89. The van der Waals surface area contributed by atoms with Gasteiger partial charge in [0, 0.05) is 16.7 Å². The minimum atomic E-state index is 0.463. The zero-order chi connectivity index (χ0) is 14.8. The molecule has 3 aromatic rings. The predicted molar refractivity (Wildman–Crippen MR) is 82.8 cm³/mol. The van der Waals surface area contributed by atoms with Crippen molar-refractivity contribution in [3.05, 3.63) is 53.6 Å². The minimum absolute atomic E-state index is 0.463. The normalized spacial score (nSPS) is 10.6. The summed E-state index contributed by atoms with van der Waals surface area (Å²) in [6.45, 7) is 0. The molecule has 0 aliphatic rings. The van der Waals surface area contributed by atoms with Crippen molar-refractivity contribution in [3.63, 3.8) is 0 Å². The second-order valence-corrected chi connectivity index (χ2v) is 4.88. The van der Waals surface area contributed by atoms with Gasteiger partial charge >= 0.3 is 0 Å². The number of ether oxygens (including phenoxy) is 1. The van der Waals surface area contributed by atoms with Crippen molar-refractivity contribution >= 4 is 17.4 Å². The number of aromatic nitrogens is 3. The fourth-order valence-electron chi connectivity index (χ4n) is 2.04. The Balaban J connectivity index is 2.04. The number of hydrogen-bond acceptors (Lipinski definition) is 4. The maximum Gasteiger partial charge on any atom is 0.155 e. The molecule has 0 aliphatic heterocycles. The zero-order valence-corrected chi connectivity index (χ0v) is 12.1. The van der Waals surface area contributed by atoms with Crippen LogP contribution in [0, 0.1) is 0 Å². The SMILES string of the molecule is COc1cccc(-n2nnc(-c3ccc(Cl)cc3)c2N)c1. The number of nitrogens with two attached hydrogens (primary N) is 1. The molecule has 0 radical (unpaired) electrons. The number of nitrogen functional groups attached to an aromatic ring is 1. The van der Waals surface area contributed by atoms with Gasteiger partial charge in [0.05, 0.1) is 12.8 Å². The fraction of sp³-hybridized carbons (Fsp3) is 0.0667. The second kappa shape index (κ2) is 5.46. The molecule has 0 saturated carbocycles. The van der Waals surface area contributed by atoms with Crippen molar-refractivity contribution in [1.29, 1.82) is 0 Å². The summed E-state index contributed by atoms with van der Waals surface area (Å²) in [5.74, 6) is 1.20. The minimum Gasteiger partial charge on any atom is -0.497 e. The highest BCUT2D eigenvalue weighted by Gasteiger charge is 2.13. The smallest absolute Gasteiger partial charge is 0.155 e. The topological polar surface area (TPSA) is 66.0 Å². The summed E-state index contributed by atoms with van der Waals surface area (Å²) in [7, 11) is 1.61.